The third kappa shape index (κ3) is 4.23. The van der Waals surface area contributed by atoms with Crippen LogP contribution in [-0.4, -0.2) is 53.0 Å². The summed E-state index contributed by atoms with van der Waals surface area (Å²) in [5.41, 5.74) is 3.01. The van der Waals surface area contributed by atoms with Crippen molar-refractivity contribution in [2.24, 2.45) is 0 Å². The number of esters is 1. The van der Waals surface area contributed by atoms with Crippen LogP contribution >= 0.6 is 0 Å². The normalized spacial score (nSPS) is 15.9. The van der Waals surface area contributed by atoms with E-state index in [1.807, 2.05) is 30.3 Å². The van der Waals surface area contributed by atoms with Crippen LogP contribution in [0.4, 0.5) is 5.82 Å². The van der Waals surface area contributed by atoms with Gasteiger partial charge in [-0.3, -0.25) is 9.59 Å². The molecule has 1 aromatic carbocycles. The lowest BCUT2D eigenvalue weighted by Gasteiger charge is -2.31. The van der Waals surface area contributed by atoms with Gasteiger partial charge in [0, 0.05) is 37.2 Å². The second-order valence-corrected chi connectivity index (χ2v) is 7.40. The van der Waals surface area contributed by atoms with Crippen LogP contribution in [0.15, 0.2) is 30.3 Å². The zero-order valence-corrected chi connectivity index (χ0v) is 16.8. The van der Waals surface area contributed by atoms with Gasteiger partial charge in [-0.25, -0.2) is 9.97 Å². The summed E-state index contributed by atoms with van der Waals surface area (Å²) in [6.07, 6.45) is 2.73. The van der Waals surface area contributed by atoms with E-state index in [0.29, 0.717) is 19.5 Å². The molecule has 2 aliphatic rings. The molecule has 152 valence electrons. The molecule has 0 aliphatic carbocycles. The van der Waals surface area contributed by atoms with Gasteiger partial charge in [0.1, 0.15) is 12.2 Å². The van der Waals surface area contributed by atoms with Gasteiger partial charge in [-0.1, -0.05) is 30.3 Å². The predicted molar refractivity (Wildman–Crippen MR) is 109 cm³/mol. The molecule has 4 rings (SSSR count). The van der Waals surface area contributed by atoms with Crippen LogP contribution in [0, 0.1) is 0 Å². The lowest BCUT2D eigenvalue weighted by molar-refractivity contribution is -0.148. The molecule has 0 spiro atoms. The summed E-state index contributed by atoms with van der Waals surface area (Å²) in [4.78, 5) is 38.1. The molecule has 0 bridgehead atoms. The summed E-state index contributed by atoms with van der Waals surface area (Å²) < 4.78 is 4.92. The lowest BCUT2D eigenvalue weighted by Crippen LogP contribution is -2.39. The van der Waals surface area contributed by atoms with Crippen molar-refractivity contribution in [2.75, 3.05) is 31.1 Å². The molecule has 1 saturated heterocycles. The van der Waals surface area contributed by atoms with Gasteiger partial charge in [0.25, 0.3) is 0 Å². The number of hydrogen-bond acceptors (Lipinski definition) is 6. The zero-order chi connectivity index (χ0) is 20.2. The Bertz CT molecular complexity index is 894. The molecule has 0 N–H and O–H groups in total. The lowest BCUT2D eigenvalue weighted by atomic mass is 10.0. The van der Waals surface area contributed by atoms with Crippen LogP contribution in [0.2, 0.25) is 0 Å². The third-order valence-electron chi connectivity index (χ3n) is 5.43. The highest BCUT2D eigenvalue weighted by molar-refractivity contribution is 5.94. The minimum absolute atomic E-state index is 0.200. The molecular weight excluding hydrogens is 368 g/mol. The van der Waals surface area contributed by atoms with E-state index in [1.165, 1.54) is 0 Å². The Hall–Kier alpha value is -2.96. The first-order chi connectivity index (χ1) is 14.2. The fourth-order valence-corrected chi connectivity index (χ4v) is 3.96. The van der Waals surface area contributed by atoms with E-state index in [-0.39, 0.29) is 18.9 Å². The van der Waals surface area contributed by atoms with Crippen molar-refractivity contribution in [3.63, 3.8) is 0 Å². The number of nitrogens with zero attached hydrogens (tertiary/aromatic N) is 4. The number of ether oxygens (including phenoxy) is 1. The Morgan fingerprint density at radius 2 is 1.83 bits per heavy atom. The van der Waals surface area contributed by atoms with Crippen molar-refractivity contribution >= 4 is 17.7 Å². The van der Waals surface area contributed by atoms with E-state index in [4.69, 9.17) is 14.7 Å². The highest BCUT2D eigenvalue weighted by Gasteiger charge is 2.29. The number of carbonyl (C=O) groups is 2. The number of hydrogen-bond donors (Lipinski definition) is 0. The molecule has 0 radical (unpaired) electrons. The summed E-state index contributed by atoms with van der Waals surface area (Å²) in [7, 11) is 0. The quantitative estimate of drug-likeness (QED) is 0.573. The van der Waals surface area contributed by atoms with Gasteiger partial charge in [-0.05, 0) is 19.8 Å². The summed E-state index contributed by atoms with van der Waals surface area (Å²) in [5, 5.41) is 0. The Morgan fingerprint density at radius 1 is 1.07 bits per heavy atom. The van der Waals surface area contributed by atoms with Gasteiger partial charge < -0.3 is 14.5 Å². The number of fused-ring (bicyclic) bond motifs is 1. The number of anilines is 1. The van der Waals surface area contributed by atoms with Crippen LogP contribution in [0.5, 0.6) is 0 Å². The molecule has 1 fully saturated rings. The van der Waals surface area contributed by atoms with E-state index in [2.05, 4.69) is 4.90 Å². The van der Waals surface area contributed by atoms with E-state index in [0.717, 1.165) is 54.4 Å². The molecule has 1 aromatic heterocycles. The molecular formula is C22H26N4O3. The molecule has 7 heteroatoms. The van der Waals surface area contributed by atoms with E-state index in [1.54, 1.807) is 11.8 Å². The van der Waals surface area contributed by atoms with Gasteiger partial charge in [0.15, 0.2) is 5.82 Å². The zero-order valence-electron chi connectivity index (χ0n) is 16.8. The first kappa shape index (κ1) is 19.4. The standard InChI is InChI=1S/C22H26N4O3/c1-2-29-20(28)14-19(27)26-13-10-18-17(15-26)22(25-11-6-7-12-25)24-21(23-18)16-8-4-3-5-9-16/h3-5,8-9H,2,6-7,10-15H2,1H3. The van der Waals surface area contributed by atoms with Crippen molar-refractivity contribution in [3.05, 3.63) is 41.6 Å². The van der Waals surface area contributed by atoms with E-state index < -0.39 is 5.97 Å². The van der Waals surface area contributed by atoms with Crippen molar-refractivity contribution in [3.8, 4) is 11.4 Å². The number of aromatic nitrogens is 2. The second kappa shape index (κ2) is 8.59. The SMILES string of the molecule is CCOC(=O)CC(=O)N1CCc2nc(-c3ccccc3)nc(N3CCCC3)c2C1. The molecule has 0 saturated carbocycles. The predicted octanol–water partition coefficient (Wildman–Crippen LogP) is 2.58. The van der Waals surface area contributed by atoms with Crippen LogP contribution in [0.3, 0.4) is 0 Å². The summed E-state index contributed by atoms with van der Waals surface area (Å²) in [6, 6.07) is 10.0. The minimum atomic E-state index is -0.473. The van der Waals surface area contributed by atoms with Gasteiger partial charge >= 0.3 is 5.97 Å². The Balaban J connectivity index is 1.64. The minimum Gasteiger partial charge on any atom is -0.466 e. The molecule has 1 amide bonds. The molecule has 29 heavy (non-hydrogen) atoms. The molecule has 3 heterocycles. The number of carbonyl (C=O) groups excluding carboxylic acids is 2. The van der Waals surface area contributed by atoms with Crippen molar-refractivity contribution < 1.29 is 14.3 Å². The maximum atomic E-state index is 12.6. The topological polar surface area (TPSA) is 75.6 Å². The average molecular weight is 394 g/mol. The van der Waals surface area contributed by atoms with Crippen LogP contribution in [0.25, 0.3) is 11.4 Å². The van der Waals surface area contributed by atoms with Crippen LogP contribution in [0.1, 0.15) is 37.4 Å². The maximum Gasteiger partial charge on any atom is 0.315 e. The molecule has 0 atom stereocenters. The van der Waals surface area contributed by atoms with E-state index >= 15 is 0 Å². The number of rotatable bonds is 5. The van der Waals surface area contributed by atoms with Crippen molar-refractivity contribution in [1.29, 1.82) is 0 Å². The summed E-state index contributed by atoms with van der Waals surface area (Å²) >= 11 is 0. The Labute approximate surface area is 170 Å². The van der Waals surface area contributed by atoms with Gasteiger partial charge in [-0.15, -0.1) is 0 Å². The molecule has 7 nitrogen and oxygen atoms in total. The van der Waals surface area contributed by atoms with Crippen LogP contribution in [-0.2, 0) is 27.3 Å². The monoisotopic (exact) mass is 394 g/mol. The summed E-state index contributed by atoms with van der Waals surface area (Å²) in [5.74, 6) is 0.991. The molecule has 2 aromatic rings. The summed E-state index contributed by atoms with van der Waals surface area (Å²) in [6.45, 7) is 4.95. The third-order valence-corrected chi connectivity index (χ3v) is 5.43. The van der Waals surface area contributed by atoms with Gasteiger partial charge in [-0.2, -0.15) is 0 Å². The second-order valence-electron chi connectivity index (χ2n) is 7.40. The van der Waals surface area contributed by atoms with E-state index in [9.17, 15) is 9.59 Å². The Morgan fingerprint density at radius 3 is 2.55 bits per heavy atom. The van der Waals surface area contributed by atoms with Gasteiger partial charge in [0.05, 0.1) is 18.8 Å². The molecule has 2 aliphatic heterocycles. The number of amides is 1. The van der Waals surface area contributed by atoms with Crippen LogP contribution < -0.4 is 4.90 Å². The Kier molecular flexibility index (Phi) is 5.74. The fraction of sp³-hybridized carbons (Fsp3) is 0.455. The highest BCUT2D eigenvalue weighted by Crippen LogP contribution is 2.31. The first-order valence-corrected chi connectivity index (χ1v) is 10.3. The highest BCUT2D eigenvalue weighted by atomic mass is 16.5. The van der Waals surface area contributed by atoms with Crippen molar-refractivity contribution in [2.45, 2.75) is 39.2 Å². The smallest absolute Gasteiger partial charge is 0.315 e. The molecule has 0 unspecified atom stereocenters. The average Bonchev–Trinajstić information content (AvgIpc) is 3.28. The first-order valence-electron chi connectivity index (χ1n) is 10.3. The van der Waals surface area contributed by atoms with Crippen molar-refractivity contribution in [1.82, 2.24) is 14.9 Å². The maximum absolute atomic E-state index is 12.6. The largest absolute Gasteiger partial charge is 0.466 e. The van der Waals surface area contributed by atoms with Gasteiger partial charge in [0.2, 0.25) is 5.91 Å². The number of benzene rings is 1. The fourth-order valence-electron chi connectivity index (χ4n) is 3.96.